The van der Waals surface area contributed by atoms with Crippen LogP contribution >= 0.6 is 0 Å². The lowest BCUT2D eigenvalue weighted by Gasteiger charge is -2.24. The third-order valence-corrected chi connectivity index (χ3v) is 3.05. The maximum atomic E-state index is 11.7. The summed E-state index contributed by atoms with van der Waals surface area (Å²) in [4.78, 5) is 11.7. The van der Waals surface area contributed by atoms with Gasteiger partial charge in [-0.1, -0.05) is 20.8 Å². The van der Waals surface area contributed by atoms with Crippen LogP contribution < -0.4 is 11.1 Å². The van der Waals surface area contributed by atoms with E-state index >= 15 is 0 Å². The highest BCUT2D eigenvalue weighted by atomic mass is 16.1. The molecule has 0 aliphatic heterocycles. The van der Waals surface area contributed by atoms with Crippen molar-refractivity contribution < 1.29 is 4.79 Å². The summed E-state index contributed by atoms with van der Waals surface area (Å²) in [6.45, 7) is 6.88. The van der Waals surface area contributed by atoms with E-state index in [1.165, 1.54) is 0 Å². The van der Waals surface area contributed by atoms with Gasteiger partial charge in [0.2, 0.25) is 5.91 Å². The molecule has 17 heavy (non-hydrogen) atoms. The van der Waals surface area contributed by atoms with Crippen LogP contribution in [-0.4, -0.2) is 18.5 Å². The summed E-state index contributed by atoms with van der Waals surface area (Å²) in [5, 5.41) is 11.5. The van der Waals surface area contributed by atoms with Crippen molar-refractivity contribution in [3.8, 4) is 6.07 Å². The first-order valence-corrected chi connectivity index (χ1v) is 6.31. The van der Waals surface area contributed by atoms with Crippen molar-refractivity contribution in [2.45, 2.75) is 58.9 Å². The van der Waals surface area contributed by atoms with Gasteiger partial charge in [-0.25, -0.2) is 0 Å². The Balaban J connectivity index is 3.98. The van der Waals surface area contributed by atoms with Gasteiger partial charge in [0.1, 0.15) is 0 Å². The number of hydrogen-bond donors (Lipinski definition) is 2. The van der Waals surface area contributed by atoms with Crippen LogP contribution in [0.3, 0.4) is 0 Å². The molecule has 0 radical (unpaired) electrons. The molecule has 0 aliphatic rings. The van der Waals surface area contributed by atoms with Crippen molar-refractivity contribution in [1.82, 2.24) is 5.32 Å². The molecular formula is C13H25N3O. The van der Waals surface area contributed by atoms with Crippen LogP contribution in [-0.2, 0) is 4.79 Å². The SMILES string of the molecule is CCC(CC#N)NC(=O)CCC(C)(C)CCN. The zero-order valence-corrected chi connectivity index (χ0v) is 11.3. The maximum Gasteiger partial charge on any atom is 0.220 e. The van der Waals surface area contributed by atoms with Crippen LogP contribution in [0.4, 0.5) is 0 Å². The molecule has 0 spiro atoms. The van der Waals surface area contributed by atoms with E-state index in [-0.39, 0.29) is 17.4 Å². The number of carbonyl (C=O) groups is 1. The molecule has 0 saturated carbocycles. The van der Waals surface area contributed by atoms with E-state index in [0.717, 1.165) is 19.3 Å². The number of nitriles is 1. The second-order valence-electron chi connectivity index (χ2n) is 5.24. The molecular weight excluding hydrogens is 214 g/mol. The zero-order valence-electron chi connectivity index (χ0n) is 11.3. The molecule has 98 valence electrons. The Hall–Kier alpha value is -1.08. The Morgan fingerprint density at radius 3 is 2.59 bits per heavy atom. The van der Waals surface area contributed by atoms with Gasteiger partial charge < -0.3 is 11.1 Å². The highest BCUT2D eigenvalue weighted by Gasteiger charge is 2.19. The molecule has 3 N–H and O–H groups in total. The Bertz CT molecular complexity index is 268. The van der Waals surface area contributed by atoms with E-state index in [2.05, 4.69) is 25.2 Å². The summed E-state index contributed by atoms with van der Waals surface area (Å²) in [5.41, 5.74) is 5.64. The third-order valence-electron chi connectivity index (χ3n) is 3.05. The van der Waals surface area contributed by atoms with Gasteiger partial charge in [-0.05, 0) is 31.2 Å². The Morgan fingerprint density at radius 2 is 2.12 bits per heavy atom. The lowest BCUT2D eigenvalue weighted by Crippen LogP contribution is -2.34. The van der Waals surface area contributed by atoms with Gasteiger partial charge in [-0.15, -0.1) is 0 Å². The minimum atomic E-state index is -0.00915. The van der Waals surface area contributed by atoms with Gasteiger partial charge in [-0.3, -0.25) is 4.79 Å². The molecule has 0 fully saturated rings. The summed E-state index contributed by atoms with van der Waals surface area (Å²) in [7, 11) is 0. The lowest BCUT2D eigenvalue weighted by atomic mass is 9.84. The molecule has 1 unspecified atom stereocenters. The summed E-state index contributed by atoms with van der Waals surface area (Å²) in [6.07, 6.45) is 3.45. The van der Waals surface area contributed by atoms with Crippen LogP contribution in [0.15, 0.2) is 0 Å². The first-order chi connectivity index (χ1) is 7.95. The fraction of sp³-hybridized carbons (Fsp3) is 0.846. The van der Waals surface area contributed by atoms with Crippen molar-refractivity contribution in [3.63, 3.8) is 0 Å². The topological polar surface area (TPSA) is 78.9 Å². The van der Waals surface area contributed by atoms with Gasteiger partial charge in [-0.2, -0.15) is 5.26 Å². The summed E-state index contributed by atoms with van der Waals surface area (Å²) in [5.74, 6) is 0.0391. The van der Waals surface area contributed by atoms with E-state index in [0.29, 0.717) is 19.4 Å². The van der Waals surface area contributed by atoms with Crippen molar-refractivity contribution in [1.29, 1.82) is 5.26 Å². The van der Waals surface area contributed by atoms with E-state index in [4.69, 9.17) is 11.0 Å². The normalized spacial score (nSPS) is 12.9. The van der Waals surface area contributed by atoms with Crippen LogP contribution in [0.2, 0.25) is 0 Å². The predicted molar refractivity (Wildman–Crippen MR) is 69.1 cm³/mol. The highest BCUT2D eigenvalue weighted by Crippen LogP contribution is 2.25. The lowest BCUT2D eigenvalue weighted by molar-refractivity contribution is -0.122. The largest absolute Gasteiger partial charge is 0.352 e. The smallest absolute Gasteiger partial charge is 0.220 e. The van der Waals surface area contributed by atoms with Crippen molar-refractivity contribution in [2.24, 2.45) is 11.1 Å². The molecule has 1 amide bonds. The number of nitrogens with one attached hydrogen (secondary N) is 1. The molecule has 0 aliphatic carbocycles. The van der Waals surface area contributed by atoms with E-state index < -0.39 is 0 Å². The molecule has 4 heteroatoms. The molecule has 0 heterocycles. The van der Waals surface area contributed by atoms with Gasteiger partial charge in [0, 0.05) is 12.5 Å². The summed E-state index contributed by atoms with van der Waals surface area (Å²) < 4.78 is 0. The fourth-order valence-corrected chi connectivity index (χ4v) is 1.68. The number of carbonyl (C=O) groups excluding carboxylic acids is 1. The maximum absolute atomic E-state index is 11.7. The Morgan fingerprint density at radius 1 is 1.47 bits per heavy atom. The Kier molecular flexibility index (Phi) is 7.56. The number of nitrogens with two attached hydrogens (primary N) is 1. The van der Waals surface area contributed by atoms with Crippen molar-refractivity contribution in [3.05, 3.63) is 0 Å². The average Bonchev–Trinajstić information content (AvgIpc) is 2.26. The van der Waals surface area contributed by atoms with Crippen LogP contribution in [0, 0.1) is 16.7 Å². The minimum absolute atomic E-state index is 0.00915. The van der Waals surface area contributed by atoms with E-state index in [1.54, 1.807) is 0 Å². The van der Waals surface area contributed by atoms with Gasteiger partial charge in [0.05, 0.1) is 12.5 Å². The molecule has 0 aromatic rings. The van der Waals surface area contributed by atoms with Gasteiger partial charge >= 0.3 is 0 Å². The quantitative estimate of drug-likeness (QED) is 0.679. The predicted octanol–water partition coefficient (Wildman–Crippen LogP) is 1.95. The summed E-state index contributed by atoms with van der Waals surface area (Å²) in [6, 6.07) is 2.08. The standard InChI is InChI=1S/C13H25N3O/c1-4-11(6-9-14)16-12(17)5-7-13(2,3)8-10-15/h11H,4-8,10,15H2,1-3H3,(H,16,17). The molecule has 0 aromatic carbocycles. The average molecular weight is 239 g/mol. The first kappa shape index (κ1) is 15.9. The first-order valence-electron chi connectivity index (χ1n) is 6.31. The molecule has 0 bridgehead atoms. The minimum Gasteiger partial charge on any atom is -0.352 e. The molecule has 0 rings (SSSR count). The molecule has 1 atom stereocenters. The van der Waals surface area contributed by atoms with Crippen LogP contribution in [0.1, 0.15) is 52.9 Å². The van der Waals surface area contributed by atoms with Crippen LogP contribution in [0.5, 0.6) is 0 Å². The molecule has 0 aromatic heterocycles. The molecule has 0 saturated heterocycles. The second-order valence-corrected chi connectivity index (χ2v) is 5.24. The Labute approximate surface area is 105 Å². The number of nitrogens with zero attached hydrogens (tertiary/aromatic N) is 1. The number of hydrogen-bond acceptors (Lipinski definition) is 3. The second kappa shape index (κ2) is 8.08. The van der Waals surface area contributed by atoms with Crippen LogP contribution in [0.25, 0.3) is 0 Å². The monoisotopic (exact) mass is 239 g/mol. The third kappa shape index (κ3) is 7.76. The number of rotatable bonds is 8. The summed E-state index contributed by atoms with van der Waals surface area (Å²) >= 11 is 0. The van der Waals surface area contributed by atoms with E-state index in [1.807, 2.05) is 6.92 Å². The number of amides is 1. The van der Waals surface area contributed by atoms with Crippen molar-refractivity contribution >= 4 is 5.91 Å². The molecule has 4 nitrogen and oxygen atoms in total. The van der Waals surface area contributed by atoms with Crippen molar-refractivity contribution in [2.75, 3.05) is 6.54 Å². The van der Waals surface area contributed by atoms with E-state index in [9.17, 15) is 4.79 Å². The van der Waals surface area contributed by atoms with Gasteiger partial charge in [0.25, 0.3) is 0 Å². The fourth-order valence-electron chi connectivity index (χ4n) is 1.68. The zero-order chi connectivity index (χ0) is 13.3. The van der Waals surface area contributed by atoms with Gasteiger partial charge in [0.15, 0.2) is 0 Å². The highest BCUT2D eigenvalue weighted by molar-refractivity contribution is 5.76.